The molecule has 2 aromatic heterocycles. The van der Waals surface area contributed by atoms with Crippen molar-refractivity contribution in [2.45, 2.75) is 38.1 Å². The molecule has 2 heterocycles. The maximum atomic E-state index is 12.9. The SMILES string of the molecule is O=C(COc1ncnc2sc3c(c12)CCCCC3)NC(c1ccccc1)c1ccccc1. The first-order valence-corrected chi connectivity index (χ1v) is 11.9. The molecule has 0 atom stereocenters. The fraction of sp³-hybridized carbons (Fsp3) is 0.269. The molecule has 6 heteroatoms. The number of rotatable bonds is 6. The van der Waals surface area contributed by atoms with E-state index in [0.29, 0.717) is 5.88 Å². The van der Waals surface area contributed by atoms with Gasteiger partial charge in [-0.05, 0) is 42.4 Å². The zero-order valence-corrected chi connectivity index (χ0v) is 18.6. The van der Waals surface area contributed by atoms with Gasteiger partial charge in [-0.1, -0.05) is 67.1 Å². The quantitative estimate of drug-likeness (QED) is 0.414. The third-order valence-corrected chi connectivity index (χ3v) is 7.08. The molecule has 162 valence electrons. The highest BCUT2D eigenvalue weighted by molar-refractivity contribution is 7.18. The maximum absolute atomic E-state index is 12.9. The first-order chi connectivity index (χ1) is 15.8. The molecule has 1 amide bonds. The number of nitrogens with zero attached hydrogens (tertiary/aromatic N) is 2. The van der Waals surface area contributed by atoms with E-state index in [0.717, 1.165) is 34.2 Å². The molecule has 0 bridgehead atoms. The number of thiophene rings is 1. The molecule has 2 aromatic carbocycles. The molecule has 0 saturated carbocycles. The number of ether oxygens (including phenoxy) is 1. The number of hydrogen-bond acceptors (Lipinski definition) is 5. The molecular weight excluding hydrogens is 418 g/mol. The predicted octanol–water partition coefficient (Wildman–Crippen LogP) is 5.24. The number of hydrogen-bond donors (Lipinski definition) is 1. The van der Waals surface area contributed by atoms with Gasteiger partial charge in [0, 0.05) is 4.88 Å². The van der Waals surface area contributed by atoms with E-state index in [4.69, 9.17) is 4.74 Å². The molecule has 0 aliphatic heterocycles. The fourth-order valence-electron chi connectivity index (χ4n) is 4.33. The van der Waals surface area contributed by atoms with Crippen molar-refractivity contribution in [1.29, 1.82) is 0 Å². The molecule has 32 heavy (non-hydrogen) atoms. The molecule has 0 saturated heterocycles. The predicted molar refractivity (Wildman–Crippen MR) is 127 cm³/mol. The van der Waals surface area contributed by atoms with E-state index in [9.17, 15) is 4.79 Å². The van der Waals surface area contributed by atoms with E-state index in [2.05, 4.69) is 15.3 Å². The van der Waals surface area contributed by atoms with Crippen LogP contribution in [0, 0.1) is 0 Å². The summed E-state index contributed by atoms with van der Waals surface area (Å²) in [5.41, 5.74) is 3.37. The summed E-state index contributed by atoms with van der Waals surface area (Å²) in [6.07, 6.45) is 7.27. The van der Waals surface area contributed by atoms with Crippen LogP contribution in [0.15, 0.2) is 67.0 Å². The fourth-order valence-corrected chi connectivity index (χ4v) is 5.55. The Morgan fingerprint density at radius 2 is 1.62 bits per heavy atom. The number of carbonyl (C=O) groups excluding carboxylic acids is 1. The highest BCUT2D eigenvalue weighted by Crippen LogP contribution is 2.38. The summed E-state index contributed by atoms with van der Waals surface area (Å²) in [5.74, 6) is 0.330. The average Bonchev–Trinajstić information content (AvgIpc) is 3.04. The van der Waals surface area contributed by atoms with Gasteiger partial charge in [0.05, 0.1) is 11.4 Å². The molecule has 0 spiro atoms. The van der Waals surface area contributed by atoms with Gasteiger partial charge in [0.2, 0.25) is 5.88 Å². The number of fused-ring (bicyclic) bond motifs is 3. The van der Waals surface area contributed by atoms with Crippen LogP contribution in [0.5, 0.6) is 5.88 Å². The first-order valence-electron chi connectivity index (χ1n) is 11.1. The number of nitrogens with one attached hydrogen (secondary N) is 1. The van der Waals surface area contributed by atoms with Crippen molar-refractivity contribution in [2.24, 2.45) is 0 Å². The summed E-state index contributed by atoms with van der Waals surface area (Å²) in [7, 11) is 0. The lowest BCUT2D eigenvalue weighted by Crippen LogP contribution is -2.33. The lowest BCUT2D eigenvalue weighted by Gasteiger charge is -2.20. The highest BCUT2D eigenvalue weighted by Gasteiger charge is 2.21. The molecule has 0 radical (unpaired) electrons. The van der Waals surface area contributed by atoms with E-state index in [1.165, 1.54) is 36.0 Å². The van der Waals surface area contributed by atoms with Crippen LogP contribution in [0.2, 0.25) is 0 Å². The first kappa shape index (κ1) is 20.6. The average molecular weight is 444 g/mol. The monoisotopic (exact) mass is 443 g/mol. The van der Waals surface area contributed by atoms with Crippen molar-refractivity contribution in [2.75, 3.05) is 6.61 Å². The van der Waals surface area contributed by atoms with Crippen molar-refractivity contribution >= 4 is 27.5 Å². The Morgan fingerprint density at radius 3 is 2.34 bits per heavy atom. The van der Waals surface area contributed by atoms with E-state index in [-0.39, 0.29) is 18.6 Å². The van der Waals surface area contributed by atoms with E-state index < -0.39 is 0 Å². The summed E-state index contributed by atoms with van der Waals surface area (Å²) in [6.45, 7) is -0.0904. The molecule has 1 N–H and O–H groups in total. The second-order valence-corrected chi connectivity index (χ2v) is 9.12. The van der Waals surface area contributed by atoms with Crippen LogP contribution in [0.3, 0.4) is 0 Å². The number of amides is 1. The second-order valence-electron chi connectivity index (χ2n) is 8.03. The Morgan fingerprint density at radius 1 is 0.938 bits per heavy atom. The summed E-state index contributed by atoms with van der Waals surface area (Å²) in [5, 5.41) is 4.12. The third kappa shape index (κ3) is 4.36. The van der Waals surface area contributed by atoms with Gasteiger partial charge in [0.15, 0.2) is 6.61 Å². The molecule has 0 unspecified atom stereocenters. The van der Waals surface area contributed by atoms with E-state index >= 15 is 0 Å². The zero-order chi connectivity index (χ0) is 21.8. The van der Waals surface area contributed by atoms with Crippen LogP contribution in [0.4, 0.5) is 0 Å². The summed E-state index contributed by atoms with van der Waals surface area (Å²) in [6, 6.07) is 19.7. The van der Waals surface area contributed by atoms with Gasteiger partial charge in [0.25, 0.3) is 5.91 Å². The van der Waals surface area contributed by atoms with Crippen LogP contribution in [-0.4, -0.2) is 22.5 Å². The lowest BCUT2D eigenvalue weighted by molar-refractivity contribution is -0.123. The second kappa shape index (κ2) is 9.49. The van der Waals surface area contributed by atoms with Gasteiger partial charge in [-0.15, -0.1) is 11.3 Å². The molecule has 0 fully saturated rings. The Labute approximate surface area is 191 Å². The van der Waals surface area contributed by atoms with Crippen LogP contribution in [-0.2, 0) is 17.6 Å². The van der Waals surface area contributed by atoms with Crippen molar-refractivity contribution < 1.29 is 9.53 Å². The summed E-state index contributed by atoms with van der Waals surface area (Å²) in [4.78, 5) is 24.1. The van der Waals surface area contributed by atoms with Gasteiger partial charge in [-0.3, -0.25) is 4.79 Å². The van der Waals surface area contributed by atoms with Gasteiger partial charge in [-0.25, -0.2) is 9.97 Å². The van der Waals surface area contributed by atoms with E-state index in [1.807, 2.05) is 60.7 Å². The van der Waals surface area contributed by atoms with Crippen molar-refractivity contribution in [3.8, 4) is 5.88 Å². The van der Waals surface area contributed by atoms with Crippen LogP contribution in [0.1, 0.15) is 46.9 Å². The molecule has 5 nitrogen and oxygen atoms in total. The Bertz CT molecular complexity index is 1170. The Balaban J connectivity index is 1.35. The van der Waals surface area contributed by atoms with Crippen LogP contribution >= 0.6 is 11.3 Å². The molecule has 4 aromatic rings. The minimum absolute atomic E-state index is 0.0904. The minimum atomic E-state index is -0.240. The van der Waals surface area contributed by atoms with E-state index in [1.54, 1.807) is 11.3 Å². The van der Waals surface area contributed by atoms with Gasteiger partial charge in [0.1, 0.15) is 11.2 Å². The van der Waals surface area contributed by atoms with Crippen molar-refractivity contribution in [3.05, 3.63) is 88.6 Å². The largest absolute Gasteiger partial charge is 0.467 e. The molecule has 1 aliphatic carbocycles. The van der Waals surface area contributed by atoms with Crippen LogP contribution in [0.25, 0.3) is 10.2 Å². The molecule has 1 aliphatic rings. The third-order valence-electron chi connectivity index (χ3n) is 5.88. The lowest BCUT2D eigenvalue weighted by atomic mass is 9.99. The highest BCUT2D eigenvalue weighted by atomic mass is 32.1. The number of aryl methyl sites for hydroxylation is 2. The molecular formula is C26H25N3O2S. The zero-order valence-electron chi connectivity index (χ0n) is 17.8. The van der Waals surface area contributed by atoms with Crippen molar-refractivity contribution in [3.63, 3.8) is 0 Å². The normalized spacial score (nSPS) is 13.5. The standard InChI is InChI=1S/C26H25N3O2S/c30-22(29-24(18-10-4-1-5-11-18)19-12-6-2-7-13-19)16-31-25-23-20-14-8-3-9-15-21(20)32-26(23)28-17-27-25/h1-2,4-7,10-13,17,24H,3,8-9,14-16H2,(H,29,30). The van der Waals surface area contributed by atoms with Gasteiger partial charge < -0.3 is 10.1 Å². The molecule has 5 rings (SSSR count). The minimum Gasteiger partial charge on any atom is -0.467 e. The summed E-state index contributed by atoms with van der Waals surface area (Å²) >= 11 is 1.74. The number of aromatic nitrogens is 2. The van der Waals surface area contributed by atoms with Crippen LogP contribution < -0.4 is 10.1 Å². The maximum Gasteiger partial charge on any atom is 0.258 e. The van der Waals surface area contributed by atoms with Gasteiger partial charge in [-0.2, -0.15) is 0 Å². The smallest absolute Gasteiger partial charge is 0.258 e. The number of benzene rings is 2. The van der Waals surface area contributed by atoms with Crippen molar-refractivity contribution in [1.82, 2.24) is 15.3 Å². The van der Waals surface area contributed by atoms with Gasteiger partial charge >= 0.3 is 0 Å². The topological polar surface area (TPSA) is 64.1 Å². The summed E-state index contributed by atoms with van der Waals surface area (Å²) < 4.78 is 5.96. The Kier molecular flexibility index (Phi) is 6.12. The number of carbonyl (C=O) groups is 1. The Hall–Kier alpha value is -3.25.